The number of benzene rings is 1. The van der Waals surface area contributed by atoms with Crippen molar-refractivity contribution in [2.45, 2.75) is 32.9 Å². The highest BCUT2D eigenvalue weighted by Crippen LogP contribution is 2.28. The Morgan fingerprint density at radius 1 is 1.23 bits per heavy atom. The van der Waals surface area contributed by atoms with Crippen molar-refractivity contribution in [1.82, 2.24) is 19.9 Å². The monoisotopic (exact) mass is 483 g/mol. The molecule has 0 fully saturated rings. The van der Waals surface area contributed by atoms with Crippen molar-refractivity contribution in [3.8, 4) is 11.3 Å². The zero-order valence-electron chi connectivity index (χ0n) is 16.5. The lowest BCUT2D eigenvalue weighted by Crippen LogP contribution is -2.24. The number of hydrogen-bond acceptors (Lipinski definition) is 4. The first-order valence-corrected chi connectivity index (χ1v) is 10.2. The zero-order valence-corrected chi connectivity index (χ0v) is 18.1. The highest BCUT2D eigenvalue weighted by Gasteiger charge is 2.26. The maximum atomic E-state index is 12.5. The van der Waals surface area contributed by atoms with Gasteiger partial charge in [-0.05, 0) is 53.0 Å². The topological polar surface area (TPSA) is 71.3 Å². The van der Waals surface area contributed by atoms with E-state index >= 15 is 0 Å². The Balaban J connectivity index is 1.92. The standard InChI is InChI=1S/C20H21BrF3N5O/c1-3-7-26-19(30)14-5-4-13(9-12(14)2)16-11-27-18-15(10-17(21)28-29(16)18)25-8-6-20(22,23)24/h4-5,9-11,25H,3,6-8H2,1-2H3,(H,26,30). The Hall–Kier alpha value is -2.62. The fraction of sp³-hybridized carbons (Fsp3) is 0.350. The van der Waals surface area contributed by atoms with E-state index in [0.717, 1.165) is 17.5 Å². The Bertz CT molecular complexity index is 1060. The first-order chi connectivity index (χ1) is 14.2. The molecule has 0 aliphatic carbocycles. The summed E-state index contributed by atoms with van der Waals surface area (Å²) in [5.41, 5.74) is 3.70. The van der Waals surface area contributed by atoms with Crippen molar-refractivity contribution in [3.05, 3.63) is 46.2 Å². The largest absolute Gasteiger partial charge is 0.390 e. The van der Waals surface area contributed by atoms with Crippen molar-refractivity contribution in [2.75, 3.05) is 18.4 Å². The smallest absolute Gasteiger partial charge is 0.382 e. The normalized spacial score (nSPS) is 11.7. The molecule has 0 atom stereocenters. The molecular weight excluding hydrogens is 463 g/mol. The molecule has 0 aliphatic heterocycles. The van der Waals surface area contributed by atoms with E-state index in [2.05, 4.69) is 36.6 Å². The van der Waals surface area contributed by atoms with Gasteiger partial charge < -0.3 is 10.6 Å². The number of aromatic nitrogens is 3. The average molecular weight is 484 g/mol. The summed E-state index contributed by atoms with van der Waals surface area (Å²) in [7, 11) is 0. The van der Waals surface area contributed by atoms with Gasteiger partial charge in [-0.3, -0.25) is 4.79 Å². The van der Waals surface area contributed by atoms with E-state index in [4.69, 9.17) is 0 Å². The number of hydrogen-bond donors (Lipinski definition) is 2. The number of fused-ring (bicyclic) bond motifs is 1. The highest BCUT2D eigenvalue weighted by atomic mass is 79.9. The lowest BCUT2D eigenvalue weighted by Gasteiger charge is -2.11. The summed E-state index contributed by atoms with van der Waals surface area (Å²) in [6.07, 6.45) is -2.73. The summed E-state index contributed by atoms with van der Waals surface area (Å²) in [5, 5.41) is 10.0. The number of imidazole rings is 1. The number of alkyl halides is 3. The molecule has 2 aromatic heterocycles. The lowest BCUT2D eigenvalue weighted by molar-refractivity contribution is -0.131. The maximum absolute atomic E-state index is 12.5. The second-order valence-electron chi connectivity index (χ2n) is 6.84. The van der Waals surface area contributed by atoms with Gasteiger partial charge in [0.05, 0.1) is 24.0 Å². The van der Waals surface area contributed by atoms with Crippen molar-refractivity contribution in [1.29, 1.82) is 0 Å². The number of amides is 1. The Kier molecular flexibility index (Phi) is 6.64. The van der Waals surface area contributed by atoms with Crippen molar-refractivity contribution < 1.29 is 18.0 Å². The third kappa shape index (κ3) is 5.10. The zero-order chi connectivity index (χ0) is 21.9. The Morgan fingerprint density at radius 3 is 2.67 bits per heavy atom. The molecule has 10 heteroatoms. The number of halogens is 4. The van der Waals surface area contributed by atoms with Gasteiger partial charge in [0.2, 0.25) is 0 Å². The lowest BCUT2D eigenvalue weighted by atomic mass is 10.0. The molecule has 0 unspecified atom stereocenters. The molecule has 0 radical (unpaired) electrons. The van der Waals surface area contributed by atoms with Crippen LogP contribution in [0.1, 0.15) is 35.7 Å². The van der Waals surface area contributed by atoms with Gasteiger partial charge in [0.1, 0.15) is 4.60 Å². The molecular formula is C20H21BrF3N5O. The number of anilines is 1. The number of nitrogens with zero attached hydrogens (tertiary/aromatic N) is 3. The molecule has 0 aliphatic rings. The number of rotatable bonds is 7. The SMILES string of the molecule is CCCNC(=O)c1ccc(-c2cnc3c(NCCC(F)(F)F)cc(Br)nn23)cc1C. The van der Waals surface area contributed by atoms with Crippen LogP contribution in [-0.2, 0) is 0 Å². The van der Waals surface area contributed by atoms with Gasteiger partial charge in [-0.1, -0.05) is 13.0 Å². The predicted molar refractivity (Wildman–Crippen MR) is 113 cm³/mol. The van der Waals surface area contributed by atoms with Gasteiger partial charge >= 0.3 is 6.18 Å². The molecule has 3 rings (SSSR count). The van der Waals surface area contributed by atoms with E-state index in [-0.39, 0.29) is 12.5 Å². The van der Waals surface area contributed by atoms with E-state index in [0.29, 0.717) is 33.7 Å². The Labute approximate surface area is 180 Å². The van der Waals surface area contributed by atoms with Crippen LogP contribution >= 0.6 is 15.9 Å². The molecule has 3 aromatic rings. The van der Waals surface area contributed by atoms with Crippen LogP contribution in [0.2, 0.25) is 0 Å². The third-order valence-corrected chi connectivity index (χ3v) is 4.85. The molecule has 2 heterocycles. The van der Waals surface area contributed by atoms with Gasteiger partial charge in [-0.25, -0.2) is 9.50 Å². The molecule has 1 amide bonds. The number of carbonyl (C=O) groups excluding carboxylic acids is 1. The summed E-state index contributed by atoms with van der Waals surface area (Å²) < 4.78 is 39.4. The van der Waals surface area contributed by atoms with Crippen LogP contribution in [0.3, 0.4) is 0 Å². The average Bonchev–Trinajstić information content (AvgIpc) is 3.08. The van der Waals surface area contributed by atoms with Gasteiger partial charge in [0.15, 0.2) is 5.65 Å². The van der Waals surface area contributed by atoms with E-state index in [9.17, 15) is 18.0 Å². The summed E-state index contributed by atoms with van der Waals surface area (Å²) >= 11 is 3.30. The second kappa shape index (κ2) is 9.03. The Morgan fingerprint density at radius 2 is 2.00 bits per heavy atom. The van der Waals surface area contributed by atoms with Crippen LogP contribution in [0.25, 0.3) is 16.9 Å². The molecule has 0 saturated carbocycles. The minimum absolute atomic E-state index is 0.129. The van der Waals surface area contributed by atoms with E-state index in [1.165, 1.54) is 0 Å². The van der Waals surface area contributed by atoms with Crippen LogP contribution in [0.4, 0.5) is 18.9 Å². The summed E-state index contributed by atoms with van der Waals surface area (Å²) in [5.74, 6) is -0.129. The number of aryl methyl sites for hydroxylation is 1. The predicted octanol–water partition coefficient (Wildman–Crippen LogP) is 4.97. The fourth-order valence-electron chi connectivity index (χ4n) is 3.02. The minimum atomic E-state index is -4.24. The quantitative estimate of drug-likeness (QED) is 0.497. The molecule has 0 spiro atoms. The van der Waals surface area contributed by atoms with Gasteiger partial charge in [-0.2, -0.15) is 18.3 Å². The molecule has 2 N–H and O–H groups in total. The van der Waals surface area contributed by atoms with E-state index < -0.39 is 12.6 Å². The van der Waals surface area contributed by atoms with Crippen LogP contribution in [0.5, 0.6) is 0 Å². The van der Waals surface area contributed by atoms with Crippen LogP contribution in [0.15, 0.2) is 35.1 Å². The van der Waals surface area contributed by atoms with Gasteiger partial charge in [0.25, 0.3) is 5.91 Å². The van der Waals surface area contributed by atoms with E-state index in [1.54, 1.807) is 28.9 Å². The van der Waals surface area contributed by atoms with Gasteiger partial charge in [-0.15, -0.1) is 0 Å². The molecule has 0 bridgehead atoms. The minimum Gasteiger partial charge on any atom is -0.382 e. The maximum Gasteiger partial charge on any atom is 0.390 e. The van der Waals surface area contributed by atoms with Gasteiger partial charge in [0, 0.05) is 24.2 Å². The molecule has 0 saturated heterocycles. The van der Waals surface area contributed by atoms with Crippen LogP contribution < -0.4 is 10.6 Å². The highest BCUT2D eigenvalue weighted by molar-refractivity contribution is 9.10. The summed E-state index contributed by atoms with van der Waals surface area (Å²) in [6.45, 7) is 4.17. The van der Waals surface area contributed by atoms with Crippen LogP contribution in [-0.4, -0.2) is 39.8 Å². The van der Waals surface area contributed by atoms with Crippen molar-refractivity contribution in [3.63, 3.8) is 0 Å². The summed E-state index contributed by atoms with van der Waals surface area (Å²) in [4.78, 5) is 16.6. The number of nitrogens with one attached hydrogen (secondary N) is 2. The molecule has 6 nitrogen and oxygen atoms in total. The molecule has 30 heavy (non-hydrogen) atoms. The molecule has 160 valence electrons. The van der Waals surface area contributed by atoms with Crippen LogP contribution in [0, 0.1) is 6.92 Å². The fourth-order valence-corrected chi connectivity index (χ4v) is 3.40. The third-order valence-electron chi connectivity index (χ3n) is 4.46. The molecule has 1 aromatic carbocycles. The number of carbonyl (C=O) groups is 1. The van der Waals surface area contributed by atoms with E-state index in [1.807, 2.05) is 19.9 Å². The van der Waals surface area contributed by atoms with Crippen molar-refractivity contribution in [2.24, 2.45) is 0 Å². The first-order valence-electron chi connectivity index (χ1n) is 9.43. The summed E-state index contributed by atoms with van der Waals surface area (Å²) in [6, 6.07) is 7.00. The second-order valence-corrected chi connectivity index (χ2v) is 7.65. The first kappa shape index (κ1) is 22.1. The van der Waals surface area contributed by atoms with Crippen molar-refractivity contribution >= 4 is 33.2 Å².